The average molecular weight is 521 g/mol. The van der Waals surface area contributed by atoms with Crippen LogP contribution in [-0.4, -0.2) is 37.2 Å². The Morgan fingerprint density at radius 3 is 2.28 bits per heavy atom. The van der Waals surface area contributed by atoms with Crippen LogP contribution in [-0.2, 0) is 14.0 Å². The van der Waals surface area contributed by atoms with Gasteiger partial charge in [0.2, 0.25) is 0 Å². The molecule has 1 N–H and O–H groups in total. The molecule has 4 nitrogen and oxygen atoms in total. The Labute approximate surface area is 223 Å². The molecule has 0 aromatic heterocycles. The van der Waals surface area contributed by atoms with Crippen molar-refractivity contribution in [2.45, 2.75) is 144 Å². The topological polar surface area (TPSA) is 55.8 Å². The zero-order valence-electron chi connectivity index (χ0n) is 25.5. The predicted molar refractivity (Wildman–Crippen MR) is 153 cm³/mol. The minimum Gasteiger partial charge on any atom is -0.459 e. The van der Waals surface area contributed by atoms with Crippen LogP contribution in [0, 0.1) is 22.7 Å². The molecule has 0 unspecified atom stereocenters. The highest BCUT2D eigenvalue weighted by Gasteiger charge is 2.59. The Kier molecular flexibility index (Phi) is 9.29. The van der Waals surface area contributed by atoms with Crippen molar-refractivity contribution in [1.82, 2.24) is 0 Å². The highest BCUT2D eigenvalue weighted by atomic mass is 28.4. The lowest BCUT2D eigenvalue weighted by Crippen LogP contribution is -2.60. The average Bonchev–Trinajstić information content (AvgIpc) is 2.68. The summed E-state index contributed by atoms with van der Waals surface area (Å²) in [6.45, 7) is 30.4. The normalized spacial score (nSPS) is 30.6. The number of fused-ring (bicyclic) bond motifs is 1. The first kappa shape index (κ1) is 31.3. The Morgan fingerprint density at radius 2 is 1.78 bits per heavy atom. The first-order valence-electron chi connectivity index (χ1n) is 14.1. The van der Waals surface area contributed by atoms with E-state index in [-0.39, 0.29) is 45.9 Å². The van der Waals surface area contributed by atoms with Gasteiger partial charge in [0.15, 0.2) is 8.32 Å². The van der Waals surface area contributed by atoms with E-state index in [4.69, 9.17) is 9.16 Å². The number of rotatable bonds is 9. The standard InChI is InChI=1S/C31H56O4Si/c1-14-30(10,33)19-16-23-22(4)25(35-36(12,13)28(5,6)7)26(34-24(32)20-21(2)3)27-29(8,9)17-15-18-31(23,27)11/h14,21,25-27,33H,1,15-20H2,2-13H3/t25-,26+,27-,30+,31+/m0/s1. The van der Waals surface area contributed by atoms with Gasteiger partial charge in [-0.25, -0.2) is 0 Å². The summed E-state index contributed by atoms with van der Waals surface area (Å²) >= 11 is 0. The van der Waals surface area contributed by atoms with Crippen molar-refractivity contribution in [3.63, 3.8) is 0 Å². The number of hydrogen-bond acceptors (Lipinski definition) is 4. The van der Waals surface area contributed by atoms with Gasteiger partial charge in [0.1, 0.15) is 12.2 Å². The third-order valence-corrected chi connectivity index (χ3v) is 14.1. The van der Waals surface area contributed by atoms with Crippen LogP contribution in [0.5, 0.6) is 0 Å². The summed E-state index contributed by atoms with van der Waals surface area (Å²) < 4.78 is 13.7. The van der Waals surface area contributed by atoms with Crippen LogP contribution in [0.1, 0.15) is 108 Å². The van der Waals surface area contributed by atoms with Gasteiger partial charge < -0.3 is 14.3 Å². The van der Waals surface area contributed by atoms with Crippen molar-refractivity contribution >= 4 is 14.3 Å². The summed E-state index contributed by atoms with van der Waals surface area (Å²) in [4.78, 5) is 13.2. The van der Waals surface area contributed by atoms with Gasteiger partial charge in [-0.05, 0) is 80.0 Å². The van der Waals surface area contributed by atoms with E-state index in [0.29, 0.717) is 12.8 Å². The number of carbonyl (C=O) groups is 1. The summed E-state index contributed by atoms with van der Waals surface area (Å²) in [5.74, 6) is 0.283. The lowest BCUT2D eigenvalue weighted by atomic mass is 9.48. The second-order valence-corrected chi connectivity index (χ2v) is 19.6. The highest BCUT2D eigenvalue weighted by molar-refractivity contribution is 6.74. The van der Waals surface area contributed by atoms with Gasteiger partial charge in [-0.1, -0.05) is 73.5 Å². The minimum absolute atomic E-state index is 0.00226. The lowest BCUT2D eigenvalue weighted by molar-refractivity contribution is -0.175. The molecule has 0 aliphatic heterocycles. The Hall–Kier alpha value is -0.913. The molecule has 36 heavy (non-hydrogen) atoms. The second-order valence-electron chi connectivity index (χ2n) is 14.8. The van der Waals surface area contributed by atoms with E-state index in [1.165, 1.54) is 11.1 Å². The lowest BCUT2D eigenvalue weighted by Gasteiger charge is -2.60. The van der Waals surface area contributed by atoms with E-state index in [9.17, 15) is 9.90 Å². The van der Waals surface area contributed by atoms with Gasteiger partial charge >= 0.3 is 5.97 Å². The van der Waals surface area contributed by atoms with Gasteiger partial charge in [-0.2, -0.15) is 0 Å². The molecule has 0 saturated heterocycles. The number of hydrogen-bond donors (Lipinski definition) is 1. The highest BCUT2D eigenvalue weighted by Crippen LogP contribution is 2.62. The number of carbonyl (C=O) groups excluding carboxylic acids is 1. The number of ether oxygens (including phenoxy) is 1. The molecule has 208 valence electrons. The molecule has 5 atom stereocenters. The van der Waals surface area contributed by atoms with Gasteiger partial charge in [0.05, 0.1) is 5.60 Å². The molecule has 0 aromatic rings. The smallest absolute Gasteiger partial charge is 0.306 e. The molecule has 0 radical (unpaired) electrons. The summed E-state index contributed by atoms with van der Waals surface area (Å²) in [6.07, 6.45) is 6.23. The third-order valence-electron chi connectivity index (χ3n) is 9.66. The zero-order chi connectivity index (χ0) is 27.9. The van der Waals surface area contributed by atoms with Gasteiger partial charge in [-0.3, -0.25) is 4.79 Å². The fraction of sp³-hybridized carbons (Fsp3) is 0.839. The summed E-state index contributed by atoms with van der Waals surface area (Å²) in [5.41, 5.74) is 1.57. The van der Waals surface area contributed by atoms with Crippen LogP contribution < -0.4 is 0 Å². The first-order chi connectivity index (χ1) is 16.2. The Balaban J connectivity index is 2.72. The molecule has 0 amide bonds. The van der Waals surface area contributed by atoms with Crippen LogP contribution in [0.2, 0.25) is 18.1 Å². The second kappa shape index (κ2) is 10.7. The van der Waals surface area contributed by atoms with Crippen LogP contribution in [0.4, 0.5) is 0 Å². The Bertz CT molecular complexity index is 845. The Morgan fingerprint density at radius 1 is 1.19 bits per heavy atom. The maximum absolute atomic E-state index is 13.2. The van der Waals surface area contributed by atoms with Crippen molar-refractivity contribution < 1.29 is 19.1 Å². The maximum Gasteiger partial charge on any atom is 0.306 e. The molecule has 5 heteroatoms. The van der Waals surface area contributed by atoms with E-state index in [1.807, 2.05) is 6.92 Å². The largest absolute Gasteiger partial charge is 0.459 e. The van der Waals surface area contributed by atoms with Gasteiger partial charge in [0.25, 0.3) is 0 Å². The summed E-state index contributed by atoms with van der Waals surface area (Å²) in [6, 6.07) is 0. The van der Waals surface area contributed by atoms with E-state index >= 15 is 0 Å². The summed E-state index contributed by atoms with van der Waals surface area (Å²) in [7, 11) is -2.17. The quantitative estimate of drug-likeness (QED) is 0.189. The molecule has 0 bridgehead atoms. The van der Waals surface area contributed by atoms with E-state index in [0.717, 1.165) is 25.7 Å². The van der Waals surface area contributed by atoms with Crippen molar-refractivity contribution in [2.75, 3.05) is 0 Å². The number of aliphatic hydroxyl groups is 1. The number of esters is 1. The molecule has 2 aliphatic carbocycles. The van der Waals surface area contributed by atoms with Crippen molar-refractivity contribution in [3.8, 4) is 0 Å². The fourth-order valence-corrected chi connectivity index (χ4v) is 7.85. The molecule has 0 spiro atoms. The zero-order valence-corrected chi connectivity index (χ0v) is 26.5. The molecule has 0 aromatic carbocycles. The molecular weight excluding hydrogens is 464 g/mol. The SMILES string of the molecule is C=C[C@@](C)(O)CCC1=C(C)[C@H](O[Si](C)(C)C(C)(C)C)[C@@H](OC(=O)CC(C)C)[C@H]2C(C)(C)CCC[C@]12C. The van der Waals surface area contributed by atoms with Crippen molar-refractivity contribution in [1.29, 1.82) is 0 Å². The molecule has 2 rings (SSSR count). The molecule has 0 heterocycles. The van der Waals surface area contributed by atoms with Crippen molar-refractivity contribution in [2.24, 2.45) is 22.7 Å². The number of allylic oxidation sites excluding steroid dienone is 1. The van der Waals surface area contributed by atoms with Crippen LogP contribution in [0.25, 0.3) is 0 Å². The van der Waals surface area contributed by atoms with E-state index in [2.05, 4.69) is 82.0 Å². The summed E-state index contributed by atoms with van der Waals surface area (Å²) in [5, 5.41) is 10.8. The van der Waals surface area contributed by atoms with Crippen LogP contribution in [0.15, 0.2) is 23.8 Å². The van der Waals surface area contributed by atoms with Crippen LogP contribution >= 0.6 is 0 Å². The molecular formula is C31H56O4Si. The minimum atomic E-state index is -2.17. The molecule has 2 aliphatic rings. The van der Waals surface area contributed by atoms with Crippen LogP contribution in [0.3, 0.4) is 0 Å². The monoisotopic (exact) mass is 520 g/mol. The molecule has 1 fully saturated rings. The fourth-order valence-electron chi connectivity index (χ4n) is 6.55. The third kappa shape index (κ3) is 6.56. The van der Waals surface area contributed by atoms with Crippen molar-refractivity contribution in [3.05, 3.63) is 23.8 Å². The first-order valence-corrected chi connectivity index (χ1v) is 17.0. The van der Waals surface area contributed by atoms with Gasteiger partial charge in [0, 0.05) is 12.3 Å². The van der Waals surface area contributed by atoms with E-state index < -0.39 is 13.9 Å². The van der Waals surface area contributed by atoms with Gasteiger partial charge in [-0.15, -0.1) is 6.58 Å². The predicted octanol–water partition coefficient (Wildman–Crippen LogP) is 8.21. The van der Waals surface area contributed by atoms with E-state index in [1.54, 1.807) is 6.08 Å². The molecule has 1 saturated carbocycles. The maximum atomic E-state index is 13.2.